The van der Waals surface area contributed by atoms with Gasteiger partial charge in [-0.25, -0.2) is 4.79 Å². The number of aliphatic hydroxyl groups is 1. The number of carbonyl (C=O) groups is 3. The van der Waals surface area contributed by atoms with Crippen molar-refractivity contribution >= 4 is 17.8 Å². The molecule has 2 rings (SSSR count). The molecule has 0 spiro atoms. The molecule has 1 unspecified atom stereocenters. The minimum Gasteiger partial charge on any atom is -0.474 e. The number of barbiturate groups is 1. The van der Waals surface area contributed by atoms with Crippen molar-refractivity contribution in [2.45, 2.75) is 32.5 Å². The third-order valence-electron chi connectivity index (χ3n) is 3.80. The van der Waals surface area contributed by atoms with Crippen molar-refractivity contribution in [3.05, 3.63) is 23.6 Å². The van der Waals surface area contributed by atoms with E-state index in [2.05, 4.69) is 0 Å². The van der Waals surface area contributed by atoms with Crippen LogP contribution in [0.3, 0.4) is 0 Å². The van der Waals surface area contributed by atoms with Crippen LogP contribution in [-0.2, 0) is 14.3 Å². The summed E-state index contributed by atoms with van der Waals surface area (Å²) >= 11 is 0. The number of allylic oxidation sites excluding steroid dienone is 2. The second-order valence-corrected chi connectivity index (χ2v) is 6.07. The van der Waals surface area contributed by atoms with E-state index in [1.807, 2.05) is 13.8 Å². The summed E-state index contributed by atoms with van der Waals surface area (Å²) in [5, 5.41) is 10.3. The Morgan fingerprint density at radius 1 is 1.13 bits per heavy atom. The fourth-order valence-electron chi connectivity index (χ4n) is 2.68. The Kier molecular flexibility index (Phi) is 4.21. The molecule has 8 heteroatoms. The first-order valence-corrected chi connectivity index (χ1v) is 7.24. The van der Waals surface area contributed by atoms with Crippen molar-refractivity contribution < 1.29 is 24.2 Å². The molecule has 0 aromatic carbocycles. The van der Waals surface area contributed by atoms with Crippen molar-refractivity contribution in [1.29, 1.82) is 0 Å². The molecule has 0 aromatic rings. The molecule has 0 aromatic heterocycles. The molecule has 23 heavy (non-hydrogen) atoms. The second-order valence-electron chi connectivity index (χ2n) is 6.07. The zero-order valence-electron chi connectivity index (χ0n) is 13.9. The summed E-state index contributed by atoms with van der Waals surface area (Å²) in [6.45, 7) is 5.49. The lowest BCUT2D eigenvalue weighted by Crippen LogP contribution is -2.53. The molecule has 1 atom stereocenters. The van der Waals surface area contributed by atoms with Crippen LogP contribution in [-0.4, -0.2) is 70.1 Å². The molecular formula is C15H21N3O5. The number of imide groups is 2. The van der Waals surface area contributed by atoms with Gasteiger partial charge in [0.25, 0.3) is 11.8 Å². The molecule has 126 valence electrons. The van der Waals surface area contributed by atoms with Crippen molar-refractivity contribution in [2.75, 3.05) is 20.7 Å². The molecule has 0 bridgehead atoms. The lowest BCUT2D eigenvalue weighted by atomic mass is 10.1. The fourth-order valence-corrected chi connectivity index (χ4v) is 2.68. The SMILES string of the molecule is CC(C)N1/C(=C\C=C2C(=O)N(C)C(=O)N(C)C2=O)OCC1(C)O. The monoisotopic (exact) mass is 323 g/mol. The van der Waals surface area contributed by atoms with Crippen LogP contribution in [0.25, 0.3) is 0 Å². The summed E-state index contributed by atoms with van der Waals surface area (Å²) in [5.41, 5.74) is -1.30. The summed E-state index contributed by atoms with van der Waals surface area (Å²) in [4.78, 5) is 39.3. The number of carbonyl (C=O) groups excluding carboxylic acids is 3. The standard InChI is InChI=1S/C15H21N3O5/c1-9(2)18-11(23-8-15(18,3)22)7-6-10-12(19)16(4)14(21)17(5)13(10)20/h6-7,9,22H,8H2,1-5H3/b11-7+. The van der Waals surface area contributed by atoms with E-state index < -0.39 is 23.6 Å². The van der Waals surface area contributed by atoms with Gasteiger partial charge in [-0.3, -0.25) is 19.4 Å². The van der Waals surface area contributed by atoms with Gasteiger partial charge in [0, 0.05) is 20.1 Å². The van der Waals surface area contributed by atoms with E-state index in [1.165, 1.54) is 26.2 Å². The van der Waals surface area contributed by atoms with E-state index in [4.69, 9.17) is 4.74 Å². The Balaban J connectivity index is 2.36. The van der Waals surface area contributed by atoms with Gasteiger partial charge in [-0.2, -0.15) is 0 Å². The third kappa shape index (κ3) is 2.81. The van der Waals surface area contributed by atoms with E-state index in [1.54, 1.807) is 11.8 Å². The quantitative estimate of drug-likeness (QED) is 0.579. The predicted octanol–water partition coefficient (Wildman–Crippen LogP) is 0.254. The number of urea groups is 1. The average molecular weight is 323 g/mol. The van der Waals surface area contributed by atoms with Crippen LogP contribution in [0.15, 0.2) is 23.6 Å². The van der Waals surface area contributed by atoms with Crippen LogP contribution in [0.1, 0.15) is 20.8 Å². The molecule has 0 aliphatic carbocycles. The molecule has 1 N–H and O–H groups in total. The summed E-state index contributed by atoms with van der Waals surface area (Å²) in [6.07, 6.45) is 2.78. The highest BCUT2D eigenvalue weighted by atomic mass is 16.5. The maximum absolute atomic E-state index is 12.1. The van der Waals surface area contributed by atoms with Crippen molar-refractivity contribution in [3.63, 3.8) is 0 Å². The maximum Gasteiger partial charge on any atom is 0.333 e. The Hall–Kier alpha value is -2.35. The number of hydrogen-bond acceptors (Lipinski definition) is 6. The molecular weight excluding hydrogens is 302 g/mol. The molecule has 2 aliphatic heterocycles. The van der Waals surface area contributed by atoms with Gasteiger partial charge >= 0.3 is 6.03 Å². The normalized spacial score (nSPS) is 27.4. The van der Waals surface area contributed by atoms with Crippen LogP contribution in [0.5, 0.6) is 0 Å². The number of amides is 4. The zero-order chi connectivity index (χ0) is 17.5. The van der Waals surface area contributed by atoms with Crippen LogP contribution < -0.4 is 0 Å². The molecule has 4 amide bonds. The third-order valence-corrected chi connectivity index (χ3v) is 3.80. The summed E-state index contributed by atoms with van der Waals surface area (Å²) < 4.78 is 5.45. The number of likely N-dealkylation sites (N-methyl/N-ethyl adjacent to an activating group) is 2. The first-order valence-electron chi connectivity index (χ1n) is 7.24. The van der Waals surface area contributed by atoms with E-state index in [0.717, 1.165) is 9.80 Å². The van der Waals surface area contributed by atoms with E-state index in [9.17, 15) is 19.5 Å². The molecule has 2 aliphatic rings. The predicted molar refractivity (Wildman–Crippen MR) is 80.7 cm³/mol. The second kappa shape index (κ2) is 5.69. The lowest BCUT2D eigenvalue weighted by Gasteiger charge is -2.32. The number of hydrogen-bond donors (Lipinski definition) is 1. The average Bonchev–Trinajstić information content (AvgIpc) is 2.78. The molecule has 2 heterocycles. The van der Waals surface area contributed by atoms with Gasteiger partial charge in [-0.05, 0) is 32.9 Å². The molecule has 0 saturated carbocycles. The minimum absolute atomic E-state index is 0.0400. The highest BCUT2D eigenvalue weighted by Gasteiger charge is 2.41. The Bertz CT molecular complexity index is 595. The van der Waals surface area contributed by atoms with Gasteiger partial charge in [-0.1, -0.05) is 0 Å². The number of ether oxygens (including phenoxy) is 1. The lowest BCUT2D eigenvalue weighted by molar-refractivity contribution is -0.134. The van der Waals surface area contributed by atoms with Gasteiger partial charge in [0.2, 0.25) is 0 Å². The highest BCUT2D eigenvalue weighted by Crippen LogP contribution is 2.30. The van der Waals surface area contributed by atoms with Gasteiger partial charge in [0.15, 0.2) is 11.6 Å². The van der Waals surface area contributed by atoms with E-state index >= 15 is 0 Å². The minimum atomic E-state index is -1.16. The smallest absolute Gasteiger partial charge is 0.333 e. The van der Waals surface area contributed by atoms with E-state index in [0.29, 0.717) is 5.88 Å². The van der Waals surface area contributed by atoms with Gasteiger partial charge in [0.05, 0.1) is 0 Å². The van der Waals surface area contributed by atoms with Crippen molar-refractivity contribution in [2.24, 2.45) is 0 Å². The van der Waals surface area contributed by atoms with Gasteiger partial charge in [-0.15, -0.1) is 0 Å². The Labute approximate surface area is 134 Å². The Morgan fingerprint density at radius 3 is 2.13 bits per heavy atom. The fraction of sp³-hybridized carbons (Fsp3) is 0.533. The highest BCUT2D eigenvalue weighted by molar-refractivity contribution is 6.28. The van der Waals surface area contributed by atoms with Crippen LogP contribution in [0.4, 0.5) is 4.79 Å². The topological polar surface area (TPSA) is 90.4 Å². The van der Waals surface area contributed by atoms with E-state index in [-0.39, 0.29) is 18.2 Å². The van der Waals surface area contributed by atoms with Crippen LogP contribution >= 0.6 is 0 Å². The molecule has 2 fully saturated rings. The first-order chi connectivity index (χ1) is 10.6. The van der Waals surface area contributed by atoms with Crippen molar-refractivity contribution in [3.8, 4) is 0 Å². The molecule has 2 saturated heterocycles. The van der Waals surface area contributed by atoms with Gasteiger partial charge < -0.3 is 14.7 Å². The number of rotatable bonds is 2. The van der Waals surface area contributed by atoms with Crippen molar-refractivity contribution in [1.82, 2.24) is 14.7 Å². The summed E-state index contributed by atoms with van der Waals surface area (Å²) in [6, 6.07) is -0.713. The first kappa shape index (κ1) is 17.0. The Morgan fingerprint density at radius 2 is 1.65 bits per heavy atom. The zero-order valence-corrected chi connectivity index (χ0v) is 13.9. The van der Waals surface area contributed by atoms with Crippen LogP contribution in [0, 0.1) is 0 Å². The largest absolute Gasteiger partial charge is 0.474 e. The number of nitrogens with zero attached hydrogens (tertiary/aromatic N) is 3. The maximum atomic E-state index is 12.1. The summed E-state index contributed by atoms with van der Waals surface area (Å²) in [7, 11) is 2.62. The molecule has 8 nitrogen and oxygen atoms in total. The molecule has 0 radical (unpaired) electrons. The van der Waals surface area contributed by atoms with Crippen LogP contribution in [0.2, 0.25) is 0 Å². The van der Waals surface area contributed by atoms with Gasteiger partial charge in [0.1, 0.15) is 12.2 Å². The summed E-state index contributed by atoms with van der Waals surface area (Å²) in [5.74, 6) is -0.980.